The Morgan fingerprint density at radius 3 is 2.42 bits per heavy atom. The van der Waals surface area contributed by atoms with Gasteiger partial charge < -0.3 is 14.6 Å². The van der Waals surface area contributed by atoms with Gasteiger partial charge in [-0.05, 0) is 36.5 Å². The number of carbonyl (C=O) groups excluding carboxylic acids is 1. The maximum Gasteiger partial charge on any atom is 0.172 e. The molecule has 0 radical (unpaired) electrons. The summed E-state index contributed by atoms with van der Waals surface area (Å²) in [6.07, 6.45) is 5.40. The first kappa shape index (κ1) is 18.6. The molecule has 1 spiro atoms. The van der Waals surface area contributed by atoms with Crippen molar-refractivity contribution in [1.82, 2.24) is 0 Å². The second kappa shape index (κ2) is 5.65. The Bertz CT molecular complexity index is 624. The minimum atomic E-state index is -0.644. The van der Waals surface area contributed by atoms with Crippen LogP contribution in [0.25, 0.3) is 0 Å². The number of ketones is 1. The van der Waals surface area contributed by atoms with Gasteiger partial charge in [0.1, 0.15) is 5.78 Å². The number of hydrogen-bond acceptors (Lipinski definition) is 4. The highest BCUT2D eigenvalue weighted by molar-refractivity contribution is 5.86. The van der Waals surface area contributed by atoms with Gasteiger partial charge in [-0.3, -0.25) is 4.79 Å². The molecule has 4 heteroatoms. The molecule has 0 amide bonds. The molecule has 4 aliphatic rings. The molecule has 1 unspecified atom stereocenters. The molecule has 0 aromatic rings. The lowest BCUT2D eigenvalue weighted by molar-refractivity contribution is -0.254. The normalized spacial score (nSPS) is 53.2. The van der Waals surface area contributed by atoms with E-state index in [1.807, 2.05) is 6.92 Å². The Hall–Kier alpha value is -0.710. The van der Waals surface area contributed by atoms with Gasteiger partial charge in [0.15, 0.2) is 5.79 Å². The molecule has 3 aliphatic carbocycles. The van der Waals surface area contributed by atoms with E-state index in [2.05, 4.69) is 27.4 Å². The second-order valence-electron chi connectivity index (χ2n) is 9.94. The van der Waals surface area contributed by atoms with Crippen molar-refractivity contribution >= 4 is 5.78 Å². The Morgan fingerprint density at radius 2 is 1.81 bits per heavy atom. The van der Waals surface area contributed by atoms with Crippen LogP contribution >= 0.6 is 0 Å². The van der Waals surface area contributed by atoms with Gasteiger partial charge in [-0.1, -0.05) is 33.8 Å². The fourth-order valence-electron chi connectivity index (χ4n) is 7.18. The predicted molar refractivity (Wildman–Crippen MR) is 99.4 cm³/mol. The maximum absolute atomic E-state index is 13.7. The standard InChI is InChI=1S/C22H34O4/c1-6-19(4)13-16(23)20(5)14(2)7-8-21(15(3)17(19)24)9-10-22(18(20)21)25-11-12-26-22/h6,14-15,17-18,24H,1,7-13H2,2-5H3/t14-,15+,17+,18?,19+,20+,21-/m1/s1. The fourth-order valence-corrected chi connectivity index (χ4v) is 7.18. The topological polar surface area (TPSA) is 55.8 Å². The number of ether oxygens (including phenoxy) is 2. The van der Waals surface area contributed by atoms with Crippen molar-refractivity contribution in [3.8, 4) is 0 Å². The van der Waals surface area contributed by atoms with Gasteiger partial charge in [-0.15, -0.1) is 6.58 Å². The summed E-state index contributed by atoms with van der Waals surface area (Å²) in [5, 5.41) is 11.3. The van der Waals surface area contributed by atoms with E-state index in [9.17, 15) is 9.90 Å². The van der Waals surface area contributed by atoms with Crippen LogP contribution in [0.4, 0.5) is 0 Å². The summed E-state index contributed by atoms with van der Waals surface area (Å²) >= 11 is 0. The van der Waals surface area contributed by atoms with Gasteiger partial charge in [-0.2, -0.15) is 0 Å². The van der Waals surface area contributed by atoms with Gasteiger partial charge in [-0.25, -0.2) is 0 Å². The third-order valence-corrected chi connectivity index (χ3v) is 9.06. The Morgan fingerprint density at radius 1 is 1.15 bits per heavy atom. The average Bonchev–Trinajstić information content (AvgIpc) is 3.23. The lowest BCUT2D eigenvalue weighted by Crippen LogP contribution is -2.64. The van der Waals surface area contributed by atoms with Crippen molar-refractivity contribution in [1.29, 1.82) is 0 Å². The van der Waals surface area contributed by atoms with E-state index in [4.69, 9.17) is 9.47 Å². The van der Waals surface area contributed by atoms with Crippen LogP contribution in [-0.4, -0.2) is 36.0 Å². The van der Waals surface area contributed by atoms with Gasteiger partial charge >= 0.3 is 0 Å². The zero-order valence-corrected chi connectivity index (χ0v) is 16.7. The molecular weight excluding hydrogens is 328 g/mol. The van der Waals surface area contributed by atoms with Crippen LogP contribution in [0.3, 0.4) is 0 Å². The molecule has 1 saturated heterocycles. The van der Waals surface area contributed by atoms with Crippen LogP contribution < -0.4 is 0 Å². The third kappa shape index (κ3) is 2.04. The first-order chi connectivity index (χ1) is 12.2. The van der Waals surface area contributed by atoms with E-state index in [1.165, 1.54) is 0 Å². The number of aliphatic hydroxyl groups is 1. The van der Waals surface area contributed by atoms with Crippen LogP contribution in [-0.2, 0) is 14.3 Å². The SMILES string of the molecule is C=C[C@@]1(C)CC(=O)[C@@]2(C)C3C4(CC[C@]3(CC[C@H]2C)[C@@H](C)[C@@H]1O)OCCO4. The predicted octanol–water partition coefficient (Wildman–Crippen LogP) is 3.72. The summed E-state index contributed by atoms with van der Waals surface area (Å²) in [5.74, 6) is -0.0299. The number of rotatable bonds is 1. The second-order valence-corrected chi connectivity index (χ2v) is 9.94. The fraction of sp³-hybridized carbons (Fsp3) is 0.864. The number of aliphatic hydroxyl groups excluding tert-OH is 1. The Labute approximate surface area is 157 Å². The average molecular weight is 363 g/mol. The molecule has 1 heterocycles. The molecule has 4 fully saturated rings. The van der Waals surface area contributed by atoms with Crippen molar-refractivity contribution < 1.29 is 19.4 Å². The third-order valence-electron chi connectivity index (χ3n) is 9.06. The van der Waals surface area contributed by atoms with Crippen molar-refractivity contribution in [3.63, 3.8) is 0 Å². The first-order valence-electron chi connectivity index (χ1n) is 10.3. The largest absolute Gasteiger partial charge is 0.392 e. The summed E-state index contributed by atoms with van der Waals surface area (Å²) in [6, 6.07) is 0. The molecule has 1 N–H and O–H groups in total. The van der Waals surface area contributed by atoms with Gasteiger partial charge in [0.2, 0.25) is 0 Å². The van der Waals surface area contributed by atoms with Crippen LogP contribution in [0.1, 0.15) is 59.8 Å². The first-order valence-corrected chi connectivity index (χ1v) is 10.3. The van der Waals surface area contributed by atoms with Gasteiger partial charge in [0.05, 0.1) is 19.3 Å². The summed E-state index contributed by atoms with van der Waals surface area (Å²) in [4.78, 5) is 13.7. The smallest absolute Gasteiger partial charge is 0.172 e. The molecule has 0 aromatic heterocycles. The zero-order chi connectivity index (χ0) is 19.0. The molecule has 4 rings (SSSR count). The minimum Gasteiger partial charge on any atom is -0.392 e. The van der Waals surface area contributed by atoms with E-state index >= 15 is 0 Å². The Balaban J connectivity index is 1.93. The summed E-state index contributed by atoms with van der Waals surface area (Å²) in [5.41, 5.74) is -1.19. The quantitative estimate of drug-likeness (QED) is 0.722. The molecule has 1 aliphatic heterocycles. The highest BCUT2D eigenvalue weighted by atomic mass is 16.7. The monoisotopic (exact) mass is 362 g/mol. The van der Waals surface area contributed by atoms with Crippen molar-refractivity contribution in [2.75, 3.05) is 13.2 Å². The molecule has 0 aromatic carbocycles. The summed E-state index contributed by atoms with van der Waals surface area (Å²) in [7, 11) is 0. The lowest BCUT2D eigenvalue weighted by Gasteiger charge is -2.61. The minimum absolute atomic E-state index is 0.0141. The number of Topliss-reactive ketones (excluding diaryl/α,β-unsaturated/α-hetero) is 1. The van der Waals surface area contributed by atoms with Gasteiger partial charge in [0.25, 0.3) is 0 Å². The van der Waals surface area contributed by atoms with Crippen LogP contribution in [0.15, 0.2) is 12.7 Å². The Kier molecular flexibility index (Phi) is 4.05. The van der Waals surface area contributed by atoms with E-state index in [0.29, 0.717) is 19.6 Å². The van der Waals surface area contributed by atoms with Crippen LogP contribution in [0.2, 0.25) is 0 Å². The summed E-state index contributed by atoms with van der Waals surface area (Å²) in [6.45, 7) is 13.7. The van der Waals surface area contributed by atoms with Crippen molar-refractivity contribution in [3.05, 3.63) is 12.7 Å². The maximum atomic E-state index is 13.7. The number of carbonyl (C=O) groups is 1. The molecule has 26 heavy (non-hydrogen) atoms. The molecule has 4 nitrogen and oxygen atoms in total. The highest BCUT2D eigenvalue weighted by Crippen LogP contribution is 2.71. The summed E-state index contributed by atoms with van der Waals surface area (Å²) < 4.78 is 12.5. The van der Waals surface area contributed by atoms with Gasteiger partial charge in [0, 0.05) is 29.6 Å². The van der Waals surface area contributed by atoms with E-state index in [1.54, 1.807) is 6.08 Å². The van der Waals surface area contributed by atoms with Crippen LogP contribution in [0.5, 0.6) is 0 Å². The lowest BCUT2D eigenvalue weighted by atomic mass is 9.43. The highest BCUT2D eigenvalue weighted by Gasteiger charge is 2.73. The molecule has 3 saturated carbocycles. The number of hydrogen-bond donors (Lipinski definition) is 1. The van der Waals surface area contributed by atoms with Crippen LogP contribution in [0, 0.1) is 34.0 Å². The van der Waals surface area contributed by atoms with E-state index in [0.717, 1.165) is 25.7 Å². The van der Waals surface area contributed by atoms with Crippen molar-refractivity contribution in [2.24, 2.45) is 34.0 Å². The molecule has 2 bridgehead atoms. The van der Waals surface area contributed by atoms with Crippen molar-refractivity contribution in [2.45, 2.75) is 71.7 Å². The molecule has 146 valence electrons. The zero-order valence-electron chi connectivity index (χ0n) is 16.7. The molecule has 7 atom stereocenters. The van der Waals surface area contributed by atoms with E-state index in [-0.39, 0.29) is 29.0 Å². The molecular formula is C22H34O4. The van der Waals surface area contributed by atoms with E-state index < -0.39 is 22.7 Å².